The van der Waals surface area contributed by atoms with Crippen LogP contribution in [0.25, 0.3) is 0 Å². The molecule has 0 aromatic heterocycles. The van der Waals surface area contributed by atoms with Crippen molar-refractivity contribution in [2.75, 3.05) is 6.54 Å². The van der Waals surface area contributed by atoms with Crippen LogP contribution in [0.5, 0.6) is 0 Å². The molecule has 0 radical (unpaired) electrons. The molecule has 0 spiro atoms. The molecule has 2 N–H and O–H groups in total. The molecule has 3 amide bonds. The Kier molecular flexibility index (Phi) is 3.48. The second-order valence-corrected chi connectivity index (χ2v) is 1.99. The van der Waals surface area contributed by atoms with E-state index in [4.69, 9.17) is 5.73 Å². The summed E-state index contributed by atoms with van der Waals surface area (Å²) in [5, 5.41) is 0. The van der Waals surface area contributed by atoms with Crippen molar-refractivity contribution in [2.45, 2.75) is 12.8 Å². The van der Waals surface area contributed by atoms with E-state index in [9.17, 15) is 9.59 Å². The summed E-state index contributed by atoms with van der Waals surface area (Å²) in [6, 6.07) is -0.627. The van der Waals surface area contributed by atoms with Crippen molar-refractivity contribution >= 4 is 30.8 Å². The van der Waals surface area contributed by atoms with Gasteiger partial charge in [0.25, 0.3) is 0 Å². The zero-order valence-electron chi connectivity index (χ0n) is 4.96. The Morgan fingerprint density at radius 1 is 1.60 bits per heavy atom. The number of rotatable bonds is 0. The Balaban J connectivity index is 0.000000810. The molecule has 1 aliphatic rings. The van der Waals surface area contributed by atoms with Gasteiger partial charge in [-0.05, 0) is 6.42 Å². The molecule has 0 aliphatic carbocycles. The Morgan fingerprint density at radius 2 is 2.20 bits per heavy atom. The number of carbonyl (C=O) groups excluding carboxylic acids is 2. The molecule has 0 aromatic rings. The molecule has 52 valence electrons. The summed E-state index contributed by atoms with van der Waals surface area (Å²) in [4.78, 5) is 22.0. The molecule has 4 nitrogen and oxygen atoms in total. The quantitative estimate of drug-likeness (QED) is 0.436. The average Bonchev–Trinajstić information content (AvgIpc) is 2.13. The SMILES string of the molecule is NC(=O)N1CCCC1=O.[LiH]. The summed E-state index contributed by atoms with van der Waals surface area (Å²) < 4.78 is 0. The van der Waals surface area contributed by atoms with E-state index in [2.05, 4.69) is 0 Å². The van der Waals surface area contributed by atoms with Gasteiger partial charge in [0.15, 0.2) is 0 Å². The van der Waals surface area contributed by atoms with Crippen LogP contribution in [0, 0.1) is 0 Å². The number of imide groups is 1. The van der Waals surface area contributed by atoms with E-state index in [1.165, 1.54) is 0 Å². The van der Waals surface area contributed by atoms with Crippen LogP contribution in [0.3, 0.4) is 0 Å². The van der Waals surface area contributed by atoms with Crippen molar-refractivity contribution in [2.24, 2.45) is 5.73 Å². The number of urea groups is 1. The van der Waals surface area contributed by atoms with Gasteiger partial charge >= 0.3 is 24.9 Å². The first-order valence-electron chi connectivity index (χ1n) is 2.81. The summed E-state index contributed by atoms with van der Waals surface area (Å²) in [5.41, 5.74) is 4.85. The fourth-order valence-corrected chi connectivity index (χ4v) is 0.881. The fourth-order valence-electron chi connectivity index (χ4n) is 0.881. The molecule has 1 aliphatic heterocycles. The van der Waals surface area contributed by atoms with Crippen LogP contribution in [0.2, 0.25) is 0 Å². The summed E-state index contributed by atoms with van der Waals surface area (Å²) >= 11 is 0. The predicted molar refractivity (Wildman–Crippen MR) is 37.7 cm³/mol. The van der Waals surface area contributed by atoms with Gasteiger partial charge in [-0.3, -0.25) is 9.69 Å². The normalized spacial score (nSPS) is 16.8. The molecule has 1 saturated heterocycles. The van der Waals surface area contributed by atoms with E-state index in [0.717, 1.165) is 11.3 Å². The Hall–Kier alpha value is -0.463. The third-order valence-electron chi connectivity index (χ3n) is 1.34. The maximum absolute atomic E-state index is 10.6. The number of primary amides is 1. The van der Waals surface area contributed by atoms with Gasteiger partial charge in [-0.15, -0.1) is 0 Å². The van der Waals surface area contributed by atoms with Gasteiger partial charge in [-0.2, -0.15) is 0 Å². The summed E-state index contributed by atoms with van der Waals surface area (Å²) in [6.07, 6.45) is 1.21. The molecule has 1 rings (SSSR count). The van der Waals surface area contributed by atoms with Crippen LogP contribution in [-0.2, 0) is 4.79 Å². The Morgan fingerprint density at radius 3 is 2.40 bits per heavy atom. The predicted octanol–water partition coefficient (Wildman–Crippen LogP) is -0.961. The van der Waals surface area contributed by atoms with Crippen LogP contribution in [0.4, 0.5) is 4.79 Å². The number of nitrogens with two attached hydrogens (primary N) is 1. The number of carbonyl (C=O) groups is 2. The van der Waals surface area contributed by atoms with Gasteiger partial charge in [-0.1, -0.05) is 0 Å². The maximum atomic E-state index is 10.6. The summed E-state index contributed by atoms with van der Waals surface area (Å²) in [6.45, 7) is 0.494. The van der Waals surface area contributed by atoms with Crippen LogP contribution in [0.1, 0.15) is 12.8 Å². The number of hydrogen-bond acceptors (Lipinski definition) is 2. The van der Waals surface area contributed by atoms with Crippen LogP contribution in [0.15, 0.2) is 0 Å². The molecule has 5 heteroatoms. The van der Waals surface area contributed by atoms with Crippen LogP contribution >= 0.6 is 0 Å². The summed E-state index contributed by atoms with van der Waals surface area (Å²) in [7, 11) is 0. The average molecular weight is 136 g/mol. The first-order valence-corrected chi connectivity index (χ1v) is 2.81. The van der Waals surface area contributed by atoms with E-state index in [1.54, 1.807) is 0 Å². The van der Waals surface area contributed by atoms with Crippen molar-refractivity contribution in [3.63, 3.8) is 0 Å². The molecule has 0 aromatic carbocycles. The second kappa shape index (κ2) is 3.64. The number of hydrogen-bond donors (Lipinski definition) is 1. The van der Waals surface area contributed by atoms with Gasteiger partial charge in [0.1, 0.15) is 0 Å². The minimum atomic E-state index is -0.627. The van der Waals surface area contributed by atoms with Gasteiger partial charge in [0, 0.05) is 13.0 Å². The zero-order valence-corrected chi connectivity index (χ0v) is 4.96. The van der Waals surface area contributed by atoms with Crippen molar-refractivity contribution in [3.05, 3.63) is 0 Å². The van der Waals surface area contributed by atoms with Crippen molar-refractivity contribution in [1.29, 1.82) is 0 Å². The Labute approximate surface area is 70.9 Å². The van der Waals surface area contributed by atoms with E-state index in [0.29, 0.717) is 13.0 Å². The van der Waals surface area contributed by atoms with E-state index < -0.39 is 6.03 Å². The van der Waals surface area contributed by atoms with Crippen LogP contribution in [-0.4, -0.2) is 42.2 Å². The van der Waals surface area contributed by atoms with Gasteiger partial charge in [-0.25, -0.2) is 4.79 Å². The number of amides is 3. The van der Waals surface area contributed by atoms with E-state index in [-0.39, 0.29) is 24.8 Å². The first kappa shape index (κ1) is 9.54. The standard InChI is InChI=1S/C5H8N2O2.Li.H/c6-5(9)7-3-1-2-4(7)8;;/h1-3H2,(H2,6,9);;. The monoisotopic (exact) mass is 136 g/mol. The van der Waals surface area contributed by atoms with Gasteiger partial charge in [0.2, 0.25) is 5.91 Å². The van der Waals surface area contributed by atoms with Gasteiger partial charge < -0.3 is 5.73 Å². The van der Waals surface area contributed by atoms with Crippen molar-refractivity contribution in [3.8, 4) is 0 Å². The third kappa shape index (κ3) is 1.76. The molecule has 0 unspecified atom stereocenters. The molecule has 0 saturated carbocycles. The topological polar surface area (TPSA) is 63.4 Å². The van der Waals surface area contributed by atoms with E-state index >= 15 is 0 Å². The van der Waals surface area contributed by atoms with Crippen molar-refractivity contribution in [1.82, 2.24) is 4.90 Å². The van der Waals surface area contributed by atoms with Crippen LogP contribution < -0.4 is 5.73 Å². The molecule has 0 atom stereocenters. The number of nitrogens with zero attached hydrogens (tertiary/aromatic N) is 1. The van der Waals surface area contributed by atoms with Gasteiger partial charge in [0.05, 0.1) is 0 Å². The molecular formula is C5H9LiN2O2. The first-order chi connectivity index (χ1) is 4.22. The second-order valence-electron chi connectivity index (χ2n) is 1.99. The fraction of sp³-hybridized carbons (Fsp3) is 0.600. The molecule has 10 heavy (non-hydrogen) atoms. The Bertz CT molecular complexity index is 160. The molecule has 0 bridgehead atoms. The number of likely N-dealkylation sites (tertiary alicyclic amines) is 1. The zero-order chi connectivity index (χ0) is 6.85. The van der Waals surface area contributed by atoms with E-state index in [1.807, 2.05) is 0 Å². The molecular weight excluding hydrogens is 127 g/mol. The third-order valence-corrected chi connectivity index (χ3v) is 1.34. The molecule has 1 fully saturated rings. The minimum absolute atomic E-state index is 0. The molecule has 1 heterocycles. The summed E-state index contributed by atoms with van der Waals surface area (Å²) in [5.74, 6) is -0.150. The van der Waals surface area contributed by atoms with Crippen molar-refractivity contribution < 1.29 is 9.59 Å².